The number of rotatable bonds is 6. The molecule has 0 aliphatic carbocycles. The largest absolute Gasteiger partial charge is 0.462 e. The van der Waals surface area contributed by atoms with Crippen LogP contribution in [0.15, 0.2) is 48.3 Å². The van der Waals surface area contributed by atoms with E-state index in [2.05, 4.69) is 19.7 Å². The van der Waals surface area contributed by atoms with Gasteiger partial charge >= 0.3 is 5.97 Å². The van der Waals surface area contributed by atoms with Gasteiger partial charge in [-0.2, -0.15) is 0 Å². The maximum Gasteiger partial charge on any atom is 0.340 e. The Balaban J connectivity index is 2.07. The number of aromatic nitrogens is 3. The zero-order valence-electron chi connectivity index (χ0n) is 14.4. The molecule has 0 amide bonds. The van der Waals surface area contributed by atoms with Crippen LogP contribution in [0.5, 0.6) is 0 Å². The second-order valence-electron chi connectivity index (χ2n) is 5.32. The molecule has 1 aromatic carbocycles. The van der Waals surface area contributed by atoms with Crippen LogP contribution in [0.3, 0.4) is 0 Å². The lowest BCUT2D eigenvalue weighted by atomic mass is 10.1. The average molecular weight is 370 g/mol. The summed E-state index contributed by atoms with van der Waals surface area (Å²) in [5.41, 5.74) is 2.98. The number of allylic oxidation sites excluding steroid dienone is 1. The average Bonchev–Trinajstić information content (AvgIpc) is 3.06. The maximum atomic E-state index is 12.2. The first kappa shape index (κ1) is 17.8. The number of fused-ring (bicyclic) bond motifs is 1. The van der Waals surface area contributed by atoms with Crippen LogP contribution in [0.25, 0.3) is 22.3 Å². The molecule has 0 bridgehead atoms. The fourth-order valence-corrected chi connectivity index (χ4v) is 3.23. The van der Waals surface area contributed by atoms with Gasteiger partial charge in [-0.05, 0) is 26.0 Å². The van der Waals surface area contributed by atoms with Crippen LogP contribution in [-0.2, 0) is 15.7 Å². The van der Waals surface area contributed by atoms with Crippen molar-refractivity contribution in [2.24, 2.45) is 0 Å². The van der Waals surface area contributed by atoms with Gasteiger partial charge in [-0.3, -0.25) is 0 Å². The van der Waals surface area contributed by atoms with Gasteiger partial charge in [-0.1, -0.05) is 18.2 Å². The topological polar surface area (TPSA) is 97.0 Å². The van der Waals surface area contributed by atoms with E-state index >= 15 is 0 Å². The molecule has 3 aromatic rings. The van der Waals surface area contributed by atoms with Crippen LogP contribution in [0, 0.1) is 0 Å². The second kappa shape index (κ2) is 7.92. The van der Waals surface area contributed by atoms with Crippen LogP contribution in [0.1, 0.15) is 24.2 Å². The van der Waals surface area contributed by atoms with Gasteiger partial charge in [0.15, 0.2) is 0 Å². The molecular formula is C18H18N4O3S. The summed E-state index contributed by atoms with van der Waals surface area (Å²) in [5.74, 6) is -0.432. The number of nitrogens with one attached hydrogen (secondary N) is 2. The van der Waals surface area contributed by atoms with E-state index < -0.39 is 17.0 Å². The van der Waals surface area contributed by atoms with E-state index in [1.54, 1.807) is 31.5 Å². The fraction of sp³-hybridized carbons (Fsp3) is 0.167. The number of hydrogen-bond acceptors (Lipinski definition) is 5. The second-order valence-corrected chi connectivity index (χ2v) is 6.39. The van der Waals surface area contributed by atoms with Gasteiger partial charge in [0.2, 0.25) is 0 Å². The van der Waals surface area contributed by atoms with Gasteiger partial charge in [0.05, 0.1) is 23.3 Å². The summed E-state index contributed by atoms with van der Waals surface area (Å²) < 4.78 is 19.9. The molecule has 0 spiro atoms. The fourth-order valence-electron chi connectivity index (χ4n) is 2.56. The Morgan fingerprint density at radius 1 is 1.38 bits per heavy atom. The van der Waals surface area contributed by atoms with E-state index in [0.717, 1.165) is 5.56 Å². The standard InChI is InChI=1S/C18H18N4O3S/c1-3-8-26(24)22-13-7-5-6-12(9-13)16-15-14(18(23)25-4-2)10-19-17(15)21-11-20-16/h3,5-11,22H,4H2,1-2H3,(H,19,20,21)/b8-3+. The zero-order chi connectivity index (χ0) is 18.5. The first-order chi connectivity index (χ1) is 12.6. The lowest BCUT2D eigenvalue weighted by Crippen LogP contribution is -2.04. The number of hydrogen-bond donors (Lipinski definition) is 2. The van der Waals surface area contributed by atoms with Crippen molar-refractivity contribution < 1.29 is 13.7 Å². The first-order valence-corrected chi connectivity index (χ1v) is 9.25. The van der Waals surface area contributed by atoms with Gasteiger partial charge in [0.25, 0.3) is 0 Å². The number of benzene rings is 1. The highest BCUT2D eigenvalue weighted by Crippen LogP contribution is 2.30. The van der Waals surface area contributed by atoms with Crippen molar-refractivity contribution >= 4 is 33.7 Å². The summed E-state index contributed by atoms with van der Waals surface area (Å²) in [6.45, 7) is 3.84. The number of aromatic amines is 1. The van der Waals surface area contributed by atoms with Gasteiger partial charge in [0, 0.05) is 22.9 Å². The van der Waals surface area contributed by atoms with Crippen LogP contribution in [-0.4, -0.2) is 31.7 Å². The molecule has 0 fully saturated rings. The smallest absolute Gasteiger partial charge is 0.340 e. The first-order valence-electron chi connectivity index (χ1n) is 8.03. The van der Waals surface area contributed by atoms with Crippen molar-refractivity contribution in [3.05, 3.63) is 53.8 Å². The van der Waals surface area contributed by atoms with Crippen molar-refractivity contribution in [1.82, 2.24) is 15.0 Å². The molecule has 1 atom stereocenters. The molecule has 7 nitrogen and oxygen atoms in total. The predicted octanol–water partition coefficient (Wildman–Crippen LogP) is 3.41. The summed E-state index contributed by atoms with van der Waals surface area (Å²) in [5, 5.41) is 2.15. The van der Waals surface area contributed by atoms with E-state index in [1.165, 1.54) is 6.33 Å². The Morgan fingerprint density at radius 3 is 3.00 bits per heavy atom. The van der Waals surface area contributed by atoms with Gasteiger partial charge < -0.3 is 14.4 Å². The SMILES string of the molecule is C/C=C/S(=O)Nc1cccc(-c2ncnc3[nH]cc(C(=O)OCC)c23)c1. The van der Waals surface area contributed by atoms with Crippen molar-refractivity contribution in [3.8, 4) is 11.3 Å². The molecule has 0 radical (unpaired) electrons. The van der Waals surface area contributed by atoms with Crippen LogP contribution in [0.4, 0.5) is 5.69 Å². The molecule has 134 valence electrons. The van der Waals surface area contributed by atoms with Crippen LogP contribution < -0.4 is 4.72 Å². The highest BCUT2D eigenvalue weighted by atomic mass is 32.2. The third kappa shape index (κ3) is 3.65. The van der Waals surface area contributed by atoms with E-state index in [-0.39, 0.29) is 6.61 Å². The Kier molecular flexibility index (Phi) is 5.43. The summed E-state index contributed by atoms with van der Waals surface area (Å²) >= 11 is 0. The quantitative estimate of drug-likeness (QED) is 0.648. The predicted molar refractivity (Wildman–Crippen MR) is 102 cm³/mol. The third-order valence-corrected chi connectivity index (χ3v) is 4.54. The molecule has 8 heteroatoms. The van der Waals surface area contributed by atoms with Gasteiger partial charge in [0.1, 0.15) is 23.0 Å². The molecule has 3 rings (SSSR count). The van der Waals surface area contributed by atoms with E-state index in [0.29, 0.717) is 28.0 Å². The highest BCUT2D eigenvalue weighted by Gasteiger charge is 2.19. The minimum atomic E-state index is -1.31. The Hall–Kier alpha value is -3.00. The number of nitrogens with zero attached hydrogens (tertiary/aromatic N) is 2. The monoisotopic (exact) mass is 370 g/mol. The number of anilines is 1. The third-order valence-electron chi connectivity index (χ3n) is 3.58. The maximum absolute atomic E-state index is 12.2. The lowest BCUT2D eigenvalue weighted by Gasteiger charge is -2.08. The normalized spacial score (nSPS) is 12.4. The lowest BCUT2D eigenvalue weighted by molar-refractivity contribution is 0.0528. The minimum Gasteiger partial charge on any atom is -0.462 e. The zero-order valence-corrected chi connectivity index (χ0v) is 15.2. The van der Waals surface area contributed by atoms with Crippen LogP contribution >= 0.6 is 0 Å². The van der Waals surface area contributed by atoms with Crippen molar-refractivity contribution in [1.29, 1.82) is 0 Å². The number of carbonyl (C=O) groups is 1. The molecule has 0 aliphatic heterocycles. The van der Waals surface area contributed by atoms with E-state index in [1.807, 2.05) is 24.3 Å². The minimum absolute atomic E-state index is 0.282. The van der Waals surface area contributed by atoms with Crippen molar-refractivity contribution in [2.45, 2.75) is 13.8 Å². The number of esters is 1. The summed E-state index contributed by atoms with van der Waals surface area (Å²) in [6.07, 6.45) is 4.72. The van der Waals surface area contributed by atoms with Gasteiger partial charge in [-0.15, -0.1) is 0 Å². The molecule has 26 heavy (non-hydrogen) atoms. The molecular weight excluding hydrogens is 352 g/mol. The summed E-state index contributed by atoms with van der Waals surface area (Å²) in [6, 6.07) is 7.33. The van der Waals surface area contributed by atoms with Crippen LogP contribution in [0.2, 0.25) is 0 Å². The molecule has 2 N–H and O–H groups in total. The van der Waals surface area contributed by atoms with Crippen molar-refractivity contribution in [3.63, 3.8) is 0 Å². The molecule has 2 aromatic heterocycles. The Morgan fingerprint density at radius 2 is 2.23 bits per heavy atom. The van der Waals surface area contributed by atoms with Gasteiger partial charge in [-0.25, -0.2) is 19.0 Å². The highest BCUT2D eigenvalue weighted by molar-refractivity contribution is 7.89. The summed E-state index contributed by atoms with van der Waals surface area (Å²) in [4.78, 5) is 23.7. The Bertz CT molecular complexity index is 997. The molecule has 0 aliphatic rings. The van der Waals surface area contributed by atoms with E-state index in [9.17, 15) is 9.00 Å². The molecule has 2 heterocycles. The number of ether oxygens (including phenoxy) is 1. The number of carbonyl (C=O) groups excluding carboxylic acids is 1. The molecule has 0 saturated carbocycles. The van der Waals surface area contributed by atoms with E-state index in [4.69, 9.17) is 4.74 Å². The molecule has 1 unspecified atom stereocenters. The molecule has 0 saturated heterocycles. The Labute approximate surface area is 153 Å². The number of H-pyrrole nitrogens is 1. The van der Waals surface area contributed by atoms with Crippen molar-refractivity contribution in [2.75, 3.05) is 11.3 Å². The summed E-state index contributed by atoms with van der Waals surface area (Å²) in [7, 11) is -1.31.